The Morgan fingerprint density at radius 3 is 2.21 bits per heavy atom. The summed E-state index contributed by atoms with van der Waals surface area (Å²) in [6.07, 6.45) is 0. The molecule has 128 valence electrons. The lowest BCUT2D eigenvalue weighted by molar-refractivity contribution is -0.117. The molecule has 0 aliphatic carbocycles. The van der Waals surface area contributed by atoms with Gasteiger partial charge in [0.25, 0.3) is 0 Å². The molecule has 0 aliphatic heterocycles. The van der Waals surface area contributed by atoms with Crippen LogP contribution in [0.5, 0.6) is 0 Å². The van der Waals surface area contributed by atoms with Crippen LogP contribution in [0.3, 0.4) is 0 Å². The summed E-state index contributed by atoms with van der Waals surface area (Å²) in [5.41, 5.74) is 4.04. The van der Waals surface area contributed by atoms with Gasteiger partial charge in [0.15, 0.2) is 0 Å². The molecule has 24 heavy (non-hydrogen) atoms. The molecule has 0 saturated heterocycles. The van der Waals surface area contributed by atoms with Gasteiger partial charge in [-0.05, 0) is 56.5 Å². The van der Waals surface area contributed by atoms with Gasteiger partial charge in [0.2, 0.25) is 15.9 Å². The van der Waals surface area contributed by atoms with Crippen molar-refractivity contribution >= 4 is 21.6 Å². The van der Waals surface area contributed by atoms with Crippen LogP contribution in [0.25, 0.3) is 0 Å². The first-order chi connectivity index (χ1) is 11.1. The monoisotopic (exact) mass is 346 g/mol. The number of benzene rings is 2. The number of sulfonamides is 1. The number of carbonyl (C=O) groups excluding carboxylic acids is 1. The van der Waals surface area contributed by atoms with E-state index in [9.17, 15) is 13.2 Å². The van der Waals surface area contributed by atoms with Gasteiger partial charge >= 0.3 is 0 Å². The molecule has 6 heteroatoms. The summed E-state index contributed by atoms with van der Waals surface area (Å²) >= 11 is 0. The zero-order chi connectivity index (χ0) is 18.1. The van der Waals surface area contributed by atoms with Crippen LogP contribution in [0.1, 0.15) is 35.1 Å². The molecule has 0 fully saturated rings. The van der Waals surface area contributed by atoms with Crippen molar-refractivity contribution in [3.05, 3.63) is 58.7 Å². The van der Waals surface area contributed by atoms with Crippen molar-refractivity contribution < 1.29 is 13.2 Å². The Morgan fingerprint density at radius 2 is 1.67 bits per heavy atom. The largest absolute Gasteiger partial charge is 0.325 e. The maximum absolute atomic E-state index is 12.5. The molecular weight excluding hydrogens is 324 g/mol. The molecule has 3 N–H and O–H groups in total. The van der Waals surface area contributed by atoms with Gasteiger partial charge in [-0.2, -0.15) is 0 Å². The van der Waals surface area contributed by atoms with Crippen LogP contribution in [0.4, 0.5) is 5.69 Å². The first-order valence-corrected chi connectivity index (χ1v) is 9.15. The molecule has 2 aromatic rings. The number of hydrogen-bond acceptors (Lipinski definition) is 3. The first-order valence-electron chi connectivity index (χ1n) is 7.61. The van der Waals surface area contributed by atoms with Crippen LogP contribution in [0.15, 0.2) is 41.3 Å². The van der Waals surface area contributed by atoms with Gasteiger partial charge in [0.1, 0.15) is 0 Å². The Bertz CT molecular complexity index is 872. The first kappa shape index (κ1) is 18.2. The highest BCUT2D eigenvalue weighted by atomic mass is 32.2. The number of nitrogens with one attached hydrogen (secondary N) is 1. The predicted octanol–water partition coefficient (Wildman–Crippen LogP) is 3.00. The Morgan fingerprint density at radius 1 is 1.08 bits per heavy atom. The quantitative estimate of drug-likeness (QED) is 0.892. The van der Waals surface area contributed by atoms with E-state index in [1.54, 1.807) is 6.92 Å². The van der Waals surface area contributed by atoms with Crippen LogP contribution < -0.4 is 10.5 Å². The Hall–Kier alpha value is -2.18. The number of hydrogen-bond donors (Lipinski definition) is 2. The van der Waals surface area contributed by atoms with Crippen LogP contribution in [0, 0.1) is 20.8 Å². The number of aryl methyl sites for hydroxylation is 2. The second-order valence-electron chi connectivity index (χ2n) is 6.08. The van der Waals surface area contributed by atoms with E-state index < -0.39 is 10.0 Å². The molecule has 1 unspecified atom stereocenters. The molecular formula is C18H22N2O3S. The summed E-state index contributed by atoms with van der Waals surface area (Å²) < 4.78 is 23.2. The number of nitrogens with two attached hydrogens (primary N) is 1. The Kier molecular flexibility index (Phi) is 5.11. The summed E-state index contributed by atoms with van der Waals surface area (Å²) in [5.74, 6) is -0.559. The lowest BCUT2D eigenvalue weighted by Gasteiger charge is -2.16. The molecule has 0 saturated carbocycles. The topological polar surface area (TPSA) is 89.3 Å². The molecule has 0 aliphatic rings. The Balaban J connectivity index is 2.31. The fourth-order valence-electron chi connectivity index (χ4n) is 2.37. The third-order valence-corrected chi connectivity index (χ3v) is 5.09. The molecule has 2 rings (SSSR count). The highest BCUT2D eigenvalue weighted by Gasteiger charge is 2.18. The normalized spacial score (nSPS) is 12.7. The molecule has 1 atom stereocenters. The lowest BCUT2D eigenvalue weighted by Crippen LogP contribution is -2.20. The van der Waals surface area contributed by atoms with Gasteiger partial charge in [-0.15, -0.1) is 0 Å². The number of rotatable bonds is 4. The van der Waals surface area contributed by atoms with Crippen LogP contribution >= 0.6 is 0 Å². The third kappa shape index (κ3) is 4.01. The molecule has 0 heterocycles. The van der Waals surface area contributed by atoms with Gasteiger partial charge in [-0.25, -0.2) is 13.6 Å². The van der Waals surface area contributed by atoms with Gasteiger partial charge in [0, 0.05) is 5.69 Å². The van der Waals surface area contributed by atoms with Crippen molar-refractivity contribution in [2.45, 2.75) is 38.5 Å². The van der Waals surface area contributed by atoms with Crippen molar-refractivity contribution in [3.63, 3.8) is 0 Å². The van der Waals surface area contributed by atoms with Crippen LogP contribution in [-0.4, -0.2) is 14.3 Å². The summed E-state index contributed by atoms with van der Waals surface area (Å²) in [7, 11) is -3.83. The molecule has 2 aromatic carbocycles. The van der Waals surface area contributed by atoms with E-state index in [0.717, 1.165) is 22.3 Å². The fraction of sp³-hybridized carbons (Fsp3) is 0.278. The van der Waals surface area contributed by atoms with Gasteiger partial charge in [0.05, 0.1) is 10.8 Å². The van der Waals surface area contributed by atoms with Crippen molar-refractivity contribution in [1.82, 2.24) is 0 Å². The highest BCUT2D eigenvalue weighted by molar-refractivity contribution is 7.89. The van der Waals surface area contributed by atoms with Crippen LogP contribution in [0.2, 0.25) is 0 Å². The molecule has 0 radical (unpaired) electrons. The summed E-state index contributed by atoms with van der Waals surface area (Å²) in [5, 5.41) is 8.02. The molecule has 0 bridgehead atoms. The summed E-state index contributed by atoms with van der Waals surface area (Å²) in [4.78, 5) is 12.5. The standard InChI is InChI=1S/C18H22N2O3S/c1-11-5-7-15(8-6-11)14(4)18(21)20-17-10-16(24(19,22)23)9-12(2)13(17)3/h5-10,14H,1-4H3,(H,20,21)(H2,19,22,23). The van der Waals surface area contributed by atoms with Crippen molar-refractivity contribution in [3.8, 4) is 0 Å². The number of carbonyl (C=O) groups is 1. The van der Waals surface area contributed by atoms with E-state index in [1.807, 2.05) is 45.0 Å². The zero-order valence-corrected chi connectivity index (χ0v) is 15.1. The van der Waals surface area contributed by atoms with Gasteiger partial charge in [-0.3, -0.25) is 4.79 Å². The van der Waals surface area contributed by atoms with E-state index in [1.165, 1.54) is 12.1 Å². The average molecular weight is 346 g/mol. The highest BCUT2D eigenvalue weighted by Crippen LogP contribution is 2.25. The zero-order valence-electron chi connectivity index (χ0n) is 14.3. The SMILES string of the molecule is Cc1ccc(C(C)C(=O)Nc2cc(S(N)(=O)=O)cc(C)c2C)cc1. The molecule has 1 amide bonds. The summed E-state index contributed by atoms with van der Waals surface area (Å²) in [6.45, 7) is 7.41. The molecule has 5 nitrogen and oxygen atoms in total. The minimum Gasteiger partial charge on any atom is -0.325 e. The number of primary sulfonamides is 1. The van der Waals surface area contributed by atoms with E-state index in [0.29, 0.717) is 5.69 Å². The second-order valence-corrected chi connectivity index (χ2v) is 7.64. The molecule has 0 aromatic heterocycles. The van der Waals surface area contributed by atoms with E-state index >= 15 is 0 Å². The van der Waals surface area contributed by atoms with Crippen molar-refractivity contribution in [2.75, 3.05) is 5.32 Å². The fourth-order valence-corrected chi connectivity index (χ4v) is 2.99. The third-order valence-electron chi connectivity index (χ3n) is 4.20. The number of amides is 1. The van der Waals surface area contributed by atoms with E-state index in [4.69, 9.17) is 5.14 Å². The number of anilines is 1. The van der Waals surface area contributed by atoms with Crippen molar-refractivity contribution in [2.24, 2.45) is 5.14 Å². The summed E-state index contributed by atoms with van der Waals surface area (Å²) in [6, 6.07) is 10.6. The second kappa shape index (κ2) is 6.75. The van der Waals surface area contributed by atoms with Gasteiger partial charge in [-0.1, -0.05) is 29.8 Å². The maximum Gasteiger partial charge on any atom is 0.238 e. The lowest BCUT2D eigenvalue weighted by atomic mass is 9.99. The minimum atomic E-state index is -3.83. The minimum absolute atomic E-state index is 0.0103. The maximum atomic E-state index is 12.5. The van der Waals surface area contributed by atoms with E-state index in [-0.39, 0.29) is 16.7 Å². The van der Waals surface area contributed by atoms with Crippen LogP contribution in [-0.2, 0) is 14.8 Å². The van der Waals surface area contributed by atoms with Gasteiger partial charge < -0.3 is 5.32 Å². The average Bonchev–Trinajstić information content (AvgIpc) is 2.50. The van der Waals surface area contributed by atoms with E-state index in [2.05, 4.69) is 5.32 Å². The predicted molar refractivity (Wildman–Crippen MR) is 95.5 cm³/mol. The smallest absolute Gasteiger partial charge is 0.238 e. The van der Waals surface area contributed by atoms with Crippen molar-refractivity contribution in [1.29, 1.82) is 0 Å². The Labute approximate surface area is 142 Å². The molecule has 0 spiro atoms.